The number of carbonyl (C=O) groups is 2. The zero-order valence-electron chi connectivity index (χ0n) is 14.6. The number of aromatic amines is 1. The van der Waals surface area contributed by atoms with E-state index in [4.69, 9.17) is 40.2 Å². The average molecular weight is 442 g/mol. The first kappa shape index (κ1) is 20.1. The van der Waals surface area contributed by atoms with Gasteiger partial charge < -0.3 is 19.6 Å². The lowest BCUT2D eigenvalue weighted by Gasteiger charge is -2.10. The Labute approximate surface area is 173 Å². The number of aryl methyl sites for hydroxylation is 1. The second-order valence-corrected chi connectivity index (χ2v) is 6.83. The fourth-order valence-corrected chi connectivity index (χ4v) is 3.03. The quantitative estimate of drug-likeness (QED) is 0.458. The van der Waals surface area contributed by atoms with Gasteiger partial charge in [-0.1, -0.05) is 34.4 Å². The van der Waals surface area contributed by atoms with Crippen LogP contribution in [0.4, 0.5) is 5.82 Å². The van der Waals surface area contributed by atoms with E-state index in [2.05, 4.69) is 25.2 Å². The number of benzene rings is 1. The standard InChI is InChI=1S/C16H13Cl2N5O4S/c1-7-11(22-27-21-7)14(24)19-13-12(15(25)26-2)23(16(28)20-13)6-8-3-4-9(17)10(18)5-8/h3-5H,6H2,1-2H3,(H,19,24)(H,20,28). The molecule has 1 aromatic carbocycles. The lowest BCUT2D eigenvalue weighted by Crippen LogP contribution is -2.18. The minimum Gasteiger partial charge on any atom is -0.464 e. The molecule has 3 aromatic rings. The van der Waals surface area contributed by atoms with Gasteiger partial charge in [-0.25, -0.2) is 9.42 Å². The van der Waals surface area contributed by atoms with Crippen LogP contribution < -0.4 is 5.32 Å². The predicted octanol–water partition coefficient (Wildman–Crippen LogP) is 3.63. The zero-order valence-corrected chi connectivity index (χ0v) is 16.9. The Kier molecular flexibility index (Phi) is 5.82. The lowest BCUT2D eigenvalue weighted by molar-refractivity contribution is 0.0590. The molecule has 2 aromatic heterocycles. The first-order valence-electron chi connectivity index (χ1n) is 7.77. The summed E-state index contributed by atoms with van der Waals surface area (Å²) < 4.78 is 11.0. The number of nitrogens with zero attached hydrogens (tertiary/aromatic N) is 3. The van der Waals surface area contributed by atoms with Gasteiger partial charge in [-0.3, -0.25) is 4.79 Å². The molecule has 9 nitrogen and oxygen atoms in total. The molecule has 146 valence electrons. The molecule has 0 fully saturated rings. The van der Waals surface area contributed by atoms with Gasteiger partial charge in [0.15, 0.2) is 16.2 Å². The average Bonchev–Trinajstić information content (AvgIpc) is 3.21. The second kappa shape index (κ2) is 8.13. The molecule has 0 aliphatic heterocycles. The summed E-state index contributed by atoms with van der Waals surface area (Å²) >= 11 is 17.3. The summed E-state index contributed by atoms with van der Waals surface area (Å²) in [6.07, 6.45) is 0. The van der Waals surface area contributed by atoms with Crippen LogP contribution in [0, 0.1) is 11.7 Å². The summed E-state index contributed by atoms with van der Waals surface area (Å²) in [6.45, 7) is 1.75. The van der Waals surface area contributed by atoms with E-state index >= 15 is 0 Å². The first-order valence-corrected chi connectivity index (χ1v) is 8.93. The van der Waals surface area contributed by atoms with E-state index in [9.17, 15) is 9.59 Å². The van der Waals surface area contributed by atoms with Gasteiger partial charge in [0.2, 0.25) is 0 Å². The number of esters is 1. The number of amides is 1. The SMILES string of the molecule is COC(=O)c1c(NC(=O)c2nonc2C)[nH]c(=S)n1Cc1ccc(Cl)c(Cl)c1. The summed E-state index contributed by atoms with van der Waals surface area (Å²) in [5.41, 5.74) is 1.04. The van der Waals surface area contributed by atoms with E-state index < -0.39 is 11.9 Å². The van der Waals surface area contributed by atoms with Crippen molar-refractivity contribution >= 4 is 53.1 Å². The van der Waals surface area contributed by atoms with E-state index in [1.165, 1.54) is 11.7 Å². The van der Waals surface area contributed by atoms with Gasteiger partial charge in [0.25, 0.3) is 5.91 Å². The van der Waals surface area contributed by atoms with Gasteiger partial charge in [0.1, 0.15) is 11.5 Å². The van der Waals surface area contributed by atoms with Crippen molar-refractivity contribution in [3.63, 3.8) is 0 Å². The molecular formula is C16H13Cl2N5O4S. The molecule has 1 amide bonds. The second-order valence-electron chi connectivity index (χ2n) is 5.63. The van der Waals surface area contributed by atoms with Gasteiger partial charge in [-0.2, -0.15) is 0 Å². The van der Waals surface area contributed by atoms with Crippen molar-refractivity contribution in [3.8, 4) is 0 Å². The largest absolute Gasteiger partial charge is 0.464 e. The highest BCUT2D eigenvalue weighted by atomic mass is 35.5. The topological polar surface area (TPSA) is 115 Å². The van der Waals surface area contributed by atoms with Crippen molar-refractivity contribution < 1.29 is 19.0 Å². The van der Waals surface area contributed by atoms with Gasteiger partial charge in [0, 0.05) is 0 Å². The van der Waals surface area contributed by atoms with Gasteiger partial charge in [-0.15, -0.1) is 0 Å². The van der Waals surface area contributed by atoms with Crippen LogP contribution in [0.2, 0.25) is 10.0 Å². The van der Waals surface area contributed by atoms with Crippen molar-refractivity contribution in [1.82, 2.24) is 19.9 Å². The van der Waals surface area contributed by atoms with Crippen molar-refractivity contribution in [2.24, 2.45) is 0 Å². The van der Waals surface area contributed by atoms with E-state index in [-0.39, 0.29) is 28.5 Å². The fraction of sp³-hybridized carbons (Fsp3) is 0.188. The number of H-pyrrole nitrogens is 1. The minimum atomic E-state index is -0.697. The van der Waals surface area contributed by atoms with E-state index in [0.29, 0.717) is 15.7 Å². The highest BCUT2D eigenvalue weighted by molar-refractivity contribution is 7.71. The Morgan fingerprint density at radius 2 is 2.07 bits per heavy atom. The Bertz CT molecular complexity index is 1120. The molecule has 0 unspecified atom stereocenters. The Balaban J connectivity index is 2.00. The number of aromatic nitrogens is 4. The Morgan fingerprint density at radius 3 is 2.68 bits per heavy atom. The summed E-state index contributed by atoms with van der Waals surface area (Å²) in [4.78, 5) is 27.6. The predicted molar refractivity (Wildman–Crippen MR) is 104 cm³/mol. The molecule has 0 saturated heterocycles. The third kappa shape index (κ3) is 3.93. The molecule has 0 aliphatic rings. The smallest absolute Gasteiger partial charge is 0.358 e. The van der Waals surface area contributed by atoms with Crippen molar-refractivity contribution in [2.75, 3.05) is 12.4 Å². The molecule has 0 spiro atoms. The highest BCUT2D eigenvalue weighted by Crippen LogP contribution is 2.25. The fourth-order valence-electron chi connectivity index (χ4n) is 2.45. The summed E-state index contributed by atoms with van der Waals surface area (Å²) in [7, 11) is 1.22. The summed E-state index contributed by atoms with van der Waals surface area (Å²) in [5.74, 6) is -1.26. The van der Waals surface area contributed by atoms with Crippen LogP contribution in [0.1, 0.15) is 32.2 Å². The van der Waals surface area contributed by atoms with Crippen molar-refractivity contribution in [2.45, 2.75) is 13.5 Å². The van der Waals surface area contributed by atoms with Crippen LogP contribution in [0.25, 0.3) is 0 Å². The van der Waals surface area contributed by atoms with E-state index in [1.54, 1.807) is 25.1 Å². The molecule has 0 atom stereocenters. The van der Waals surface area contributed by atoms with Crippen LogP contribution in [-0.4, -0.2) is 38.9 Å². The molecule has 0 bridgehead atoms. The van der Waals surface area contributed by atoms with Crippen LogP contribution in [0.5, 0.6) is 0 Å². The lowest BCUT2D eigenvalue weighted by atomic mass is 10.2. The minimum absolute atomic E-state index is 0.0210. The molecule has 3 rings (SSSR count). The molecule has 2 heterocycles. The Morgan fingerprint density at radius 1 is 1.32 bits per heavy atom. The molecule has 12 heteroatoms. The number of methoxy groups -OCH3 is 1. The molecule has 0 radical (unpaired) electrons. The summed E-state index contributed by atoms with van der Waals surface area (Å²) in [5, 5.41) is 10.4. The number of rotatable bonds is 5. The van der Waals surface area contributed by atoms with Crippen molar-refractivity contribution in [3.05, 3.63) is 55.7 Å². The molecule has 2 N–H and O–H groups in total. The molecule has 0 aliphatic carbocycles. The van der Waals surface area contributed by atoms with Gasteiger partial charge >= 0.3 is 5.97 Å². The number of hydrogen-bond donors (Lipinski definition) is 2. The van der Waals surface area contributed by atoms with Crippen LogP contribution >= 0.6 is 35.4 Å². The highest BCUT2D eigenvalue weighted by Gasteiger charge is 2.24. The van der Waals surface area contributed by atoms with Crippen molar-refractivity contribution in [1.29, 1.82) is 0 Å². The number of halogens is 2. The number of anilines is 1. The molecule has 0 saturated carbocycles. The third-order valence-corrected chi connectivity index (χ3v) is 4.85. The molecular weight excluding hydrogens is 429 g/mol. The normalized spacial score (nSPS) is 10.7. The third-order valence-electron chi connectivity index (χ3n) is 3.79. The van der Waals surface area contributed by atoms with Crippen LogP contribution in [0.15, 0.2) is 22.8 Å². The van der Waals surface area contributed by atoms with Gasteiger partial charge in [-0.05, 0) is 42.0 Å². The number of ether oxygens (including phenoxy) is 1. The number of carbonyl (C=O) groups excluding carboxylic acids is 2. The van der Waals surface area contributed by atoms with Crippen LogP contribution in [-0.2, 0) is 11.3 Å². The maximum absolute atomic E-state index is 12.4. The zero-order chi connectivity index (χ0) is 20.4. The molecule has 28 heavy (non-hydrogen) atoms. The monoisotopic (exact) mass is 441 g/mol. The maximum Gasteiger partial charge on any atom is 0.358 e. The Hall–Kier alpha value is -2.69. The van der Waals surface area contributed by atoms with Crippen LogP contribution in [0.3, 0.4) is 0 Å². The number of imidazole rings is 1. The maximum atomic E-state index is 12.4. The van der Waals surface area contributed by atoms with Gasteiger partial charge in [0.05, 0.1) is 23.7 Å². The number of hydrogen-bond acceptors (Lipinski definition) is 7. The summed E-state index contributed by atoms with van der Waals surface area (Å²) in [6, 6.07) is 5.03. The van der Waals surface area contributed by atoms with E-state index in [1.807, 2.05) is 0 Å². The first-order chi connectivity index (χ1) is 13.3. The number of nitrogens with one attached hydrogen (secondary N) is 2. The van der Waals surface area contributed by atoms with E-state index in [0.717, 1.165) is 5.56 Å².